The predicted molar refractivity (Wildman–Crippen MR) is 106 cm³/mol. The van der Waals surface area contributed by atoms with Crippen LogP contribution in [0.15, 0.2) is 37.1 Å². The SMILES string of the molecule is C=CCC1(O)C2CC3CC1C(C(O)CC1N/C(=C\N)c4cccc(F)c41)(C3)C2. The number of aliphatic hydroxyl groups is 2. The minimum Gasteiger partial charge on any atom is -0.403 e. The molecule has 1 aromatic carbocycles. The summed E-state index contributed by atoms with van der Waals surface area (Å²) in [7, 11) is 0. The van der Waals surface area contributed by atoms with Gasteiger partial charge in [0.1, 0.15) is 5.82 Å². The van der Waals surface area contributed by atoms with Crippen molar-refractivity contribution in [2.45, 2.75) is 56.3 Å². The Kier molecular flexibility index (Phi) is 3.95. The third kappa shape index (κ3) is 2.23. The summed E-state index contributed by atoms with van der Waals surface area (Å²) in [6.07, 6.45) is 7.55. The van der Waals surface area contributed by atoms with Crippen LogP contribution in [-0.4, -0.2) is 21.9 Å². The number of hydrogen-bond donors (Lipinski definition) is 4. The van der Waals surface area contributed by atoms with E-state index in [0.29, 0.717) is 30.0 Å². The van der Waals surface area contributed by atoms with E-state index in [0.717, 1.165) is 31.2 Å². The summed E-state index contributed by atoms with van der Waals surface area (Å²) in [5.74, 6) is 0.654. The number of rotatable bonds is 5. The molecule has 0 aromatic heterocycles. The number of aliphatic hydroxyl groups excluding tert-OH is 1. The fourth-order valence-electron chi connectivity index (χ4n) is 7.33. The molecule has 0 radical (unpaired) electrons. The van der Waals surface area contributed by atoms with Gasteiger partial charge in [0.25, 0.3) is 0 Å². The van der Waals surface area contributed by atoms with Crippen molar-refractivity contribution in [1.82, 2.24) is 5.32 Å². The van der Waals surface area contributed by atoms with Crippen molar-refractivity contribution in [3.63, 3.8) is 0 Å². The van der Waals surface area contributed by atoms with Crippen molar-refractivity contribution in [2.75, 3.05) is 0 Å². The molecule has 150 valence electrons. The normalized spacial score (nSPS) is 42.6. The molecule has 6 rings (SSSR count). The second-order valence-corrected chi connectivity index (χ2v) is 9.44. The average Bonchev–Trinajstić information content (AvgIpc) is 3.22. The van der Waals surface area contributed by atoms with Crippen LogP contribution < -0.4 is 11.1 Å². The molecule has 5 N–H and O–H groups in total. The molecule has 5 heteroatoms. The van der Waals surface area contributed by atoms with Crippen molar-refractivity contribution >= 4 is 5.70 Å². The zero-order valence-corrected chi connectivity index (χ0v) is 16.1. The van der Waals surface area contributed by atoms with E-state index in [2.05, 4.69) is 11.9 Å². The van der Waals surface area contributed by atoms with E-state index in [1.54, 1.807) is 6.07 Å². The van der Waals surface area contributed by atoms with E-state index < -0.39 is 11.7 Å². The molecule has 0 amide bonds. The van der Waals surface area contributed by atoms with Crippen LogP contribution in [0.25, 0.3) is 5.70 Å². The highest BCUT2D eigenvalue weighted by Crippen LogP contribution is 2.71. The summed E-state index contributed by atoms with van der Waals surface area (Å²) < 4.78 is 14.6. The highest BCUT2D eigenvalue weighted by molar-refractivity contribution is 5.71. The Morgan fingerprint density at radius 2 is 2.18 bits per heavy atom. The zero-order chi connectivity index (χ0) is 19.7. The number of hydrogen-bond acceptors (Lipinski definition) is 4. The maximum absolute atomic E-state index is 14.6. The van der Waals surface area contributed by atoms with E-state index in [9.17, 15) is 14.6 Å². The first-order chi connectivity index (χ1) is 13.4. The van der Waals surface area contributed by atoms with Crippen molar-refractivity contribution < 1.29 is 14.6 Å². The van der Waals surface area contributed by atoms with Gasteiger partial charge in [-0.3, -0.25) is 0 Å². The fraction of sp³-hybridized carbons (Fsp3) is 0.565. The summed E-state index contributed by atoms with van der Waals surface area (Å²) in [4.78, 5) is 0. The van der Waals surface area contributed by atoms with Gasteiger partial charge in [0.15, 0.2) is 0 Å². The molecule has 0 spiro atoms. The molecule has 1 aromatic rings. The lowest BCUT2D eigenvalue weighted by Gasteiger charge is -2.40. The summed E-state index contributed by atoms with van der Waals surface area (Å²) in [5, 5.41) is 26.2. The standard InChI is InChI=1S/C23H29FN2O2/c1-2-6-23(28)14-7-13-8-19(23)22(10-13,11-14)20(27)9-17-21-15(18(12-25)26-17)4-3-5-16(21)24/h2-5,12-14,17,19-20,26-28H,1,6-11,25H2/b18-12-. The Morgan fingerprint density at radius 3 is 2.93 bits per heavy atom. The average molecular weight is 384 g/mol. The number of fused-ring (bicyclic) bond motifs is 1. The van der Waals surface area contributed by atoms with Gasteiger partial charge >= 0.3 is 0 Å². The van der Waals surface area contributed by atoms with Crippen LogP contribution in [0.2, 0.25) is 0 Å². The van der Waals surface area contributed by atoms with Crippen LogP contribution in [0.4, 0.5) is 4.39 Å². The largest absolute Gasteiger partial charge is 0.403 e. The van der Waals surface area contributed by atoms with Crippen LogP contribution in [0.5, 0.6) is 0 Å². The third-order valence-electron chi connectivity index (χ3n) is 8.27. The highest BCUT2D eigenvalue weighted by atomic mass is 19.1. The topological polar surface area (TPSA) is 78.5 Å². The number of nitrogens with two attached hydrogens (primary N) is 1. The van der Waals surface area contributed by atoms with Crippen LogP contribution in [0.3, 0.4) is 0 Å². The molecule has 5 aliphatic rings. The zero-order valence-electron chi connectivity index (χ0n) is 16.1. The Balaban J connectivity index is 1.45. The first-order valence-electron chi connectivity index (χ1n) is 10.4. The molecule has 7 unspecified atom stereocenters. The summed E-state index contributed by atoms with van der Waals surface area (Å²) in [6, 6.07) is 4.70. The molecule has 4 saturated carbocycles. The van der Waals surface area contributed by atoms with E-state index >= 15 is 0 Å². The Hall–Kier alpha value is -1.85. The Labute approximate surface area is 165 Å². The lowest BCUT2D eigenvalue weighted by molar-refractivity contribution is -0.0768. The van der Waals surface area contributed by atoms with Gasteiger partial charge in [-0.1, -0.05) is 18.2 Å². The first kappa shape index (κ1) is 18.2. The molecule has 1 aliphatic heterocycles. The van der Waals surface area contributed by atoms with Crippen LogP contribution in [0, 0.1) is 29.0 Å². The Bertz CT molecular complexity index is 855. The van der Waals surface area contributed by atoms with Gasteiger partial charge in [0.2, 0.25) is 0 Å². The monoisotopic (exact) mass is 384 g/mol. The molecule has 7 atom stereocenters. The summed E-state index contributed by atoms with van der Waals surface area (Å²) in [6.45, 7) is 3.85. The predicted octanol–water partition coefficient (Wildman–Crippen LogP) is 3.22. The van der Waals surface area contributed by atoms with Crippen molar-refractivity contribution in [3.8, 4) is 0 Å². The summed E-state index contributed by atoms with van der Waals surface area (Å²) >= 11 is 0. The quantitative estimate of drug-likeness (QED) is 0.588. The molecule has 0 saturated heterocycles. The second kappa shape index (κ2) is 6.07. The molecule has 28 heavy (non-hydrogen) atoms. The molecule has 4 fully saturated rings. The summed E-state index contributed by atoms with van der Waals surface area (Å²) in [5.41, 5.74) is 6.80. The van der Waals surface area contributed by atoms with Crippen LogP contribution in [0.1, 0.15) is 55.7 Å². The number of benzene rings is 1. The fourth-order valence-corrected chi connectivity index (χ4v) is 7.33. The number of nitrogens with one attached hydrogen (secondary N) is 1. The van der Waals surface area contributed by atoms with Crippen molar-refractivity contribution in [1.29, 1.82) is 0 Å². The van der Waals surface area contributed by atoms with E-state index in [-0.39, 0.29) is 29.1 Å². The first-order valence-corrected chi connectivity index (χ1v) is 10.4. The molecule has 1 heterocycles. The lowest BCUT2D eigenvalue weighted by atomic mass is 9.70. The molecule has 4 aliphatic carbocycles. The molecular formula is C23H29FN2O2. The maximum atomic E-state index is 14.6. The minimum atomic E-state index is -0.746. The highest BCUT2D eigenvalue weighted by Gasteiger charge is 2.70. The van der Waals surface area contributed by atoms with Crippen LogP contribution >= 0.6 is 0 Å². The van der Waals surface area contributed by atoms with E-state index in [4.69, 9.17) is 5.73 Å². The van der Waals surface area contributed by atoms with Gasteiger partial charge in [-0.25, -0.2) is 4.39 Å². The van der Waals surface area contributed by atoms with Crippen molar-refractivity contribution in [2.24, 2.45) is 28.9 Å². The second-order valence-electron chi connectivity index (χ2n) is 9.44. The number of halogens is 1. The van der Waals surface area contributed by atoms with Gasteiger partial charge < -0.3 is 21.3 Å². The maximum Gasteiger partial charge on any atom is 0.129 e. The molecular weight excluding hydrogens is 355 g/mol. The van der Waals surface area contributed by atoms with Gasteiger partial charge in [0, 0.05) is 22.7 Å². The van der Waals surface area contributed by atoms with E-state index in [1.165, 1.54) is 12.3 Å². The van der Waals surface area contributed by atoms with Crippen LogP contribution in [-0.2, 0) is 0 Å². The third-order valence-corrected chi connectivity index (χ3v) is 8.27. The van der Waals surface area contributed by atoms with Crippen molar-refractivity contribution in [3.05, 3.63) is 54.0 Å². The van der Waals surface area contributed by atoms with Gasteiger partial charge in [0.05, 0.1) is 23.4 Å². The Morgan fingerprint density at radius 1 is 1.36 bits per heavy atom. The minimum absolute atomic E-state index is 0.0998. The van der Waals surface area contributed by atoms with Gasteiger partial charge in [-0.05, 0) is 62.3 Å². The molecule has 4 bridgehead atoms. The molecule has 4 nitrogen and oxygen atoms in total. The lowest BCUT2D eigenvalue weighted by Crippen LogP contribution is -2.45. The van der Waals surface area contributed by atoms with Gasteiger partial charge in [-0.2, -0.15) is 0 Å². The smallest absolute Gasteiger partial charge is 0.129 e. The van der Waals surface area contributed by atoms with E-state index in [1.807, 2.05) is 12.1 Å². The van der Waals surface area contributed by atoms with Gasteiger partial charge in [-0.15, -0.1) is 6.58 Å².